The van der Waals surface area contributed by atoms with Crippen molar-refractivity contribution in [3.8, 4) is 11.1 Å². The van der Waals surface area contributed by atoms with Gasteiger partial charge in [-0.05, 0) is 43.5 Å². The van der Waals surface area contributed by atoms with E-state index in [1.54, 1.807) is 19.1 Å². The van der Waals surface area contributed by atoms with Gasteiger partial charge in [-0.25, -0.2) is 31.9 Å². The van der Waals surface area contributed by atoms with Gasteiger partial charge in [0.25, 0.3) is 0 Å². The van der Waals surface area contributed by atoms with Crippen molar-refractivity contribution in [3.63, 3.8) is 0 Å². The SMILES string of the molecule is CCC[S@](=N)(=O)c1sc(N2CCCN(c3ccc(-c4cc(F)cc(F)c4F)cc3)C2=O)nc1C. The molecule has 1 aliphatic rings. The summed E-state index contributed by atoms with van der Waals surface area (Å²) >= 11 is 1.11. The number of carbonyl (C=O) groups excluding carboxylic acids is 1. The Hall–Kier alpha value is -2.92. The van der Waals surface area contributed by atoms with Crippen molar-refractivity contribution in [1.29, 1.82) is 4.78 Å². The Balaban J connectivity index is 1.60. The first-order chi connectivity index (χ1) is 16.1. The molecule has 0 spiro atoms. The Morgan fingerprint density at radius 2 is 1.79 bits per heavy atom. The second-order valence-corrected chi connectivity index (χ2v) is 11.4. The third-order valence-corrected chi connectivity index (χ3v) is 9.38. The Morgan fingerprint density at radius 3 is 2.47 bits per heavy atom. The van der Waals surface area contributed by atoms with Gasteiger partial charge in [-0.15, -0.1) is 0 Å². The zero-order chi connectivity index (χ0) is 24.6. The number of rotatable bonds is 6. The topological polar surface area (TPSA) is 77.4 Å². The lowest BCUT2D eigenvalue weighted by atomic mass is 10.0. The molecule has 1 fully saturated rings. The molecule has 2 amide bonds. The van der Waals surface area contributed by atoms with Gasteiger partial charge < -0.3 is 0 Å². The maximum atomic E-state index is 14.1. The molecule has 1 N–H and O–H groups in total. The molecule has 2 aromatic carbocycles. The van der Waals surface area contributed by atoms with E-state index in [2.05, 4.69) is 4.98 Å². The van der Waals surface area contributed by atoms with Crippen molar-refractivity contribution in [2.75, 3.05) is 28.6 Å². The highest BCUT2D eigenvalue weighted by atomic mass is 32.2. The van der Waals surface area contributed by atoms with E-state index in [0.29, 0.717) is 52.7 Å². The molecule has 4 rings (SSSR count). The fourth-order valence-electron chi connectivity index (χ4n) is 3.90. The average molecular weight is 509 g/mol. The van der Waals surface area contributed by atoms with Crippen LogP contribution >= 0.6 is 11.3 Å². The van der Waals surface area contributed by atoms with E-state index in [0.717, 1.165) is 17.4 Å². The van der Waals surface area contributed by atoms with Gasteiger partial charge in [0.05, 0.1) is 15.4 Å². The largest absolute Gasteiger partial charge is 0.330 e. The van der Waals surface area contributed by atoms with Crippen LogP contribution in [-0.2, 0) is 9.73 Å². The van der Waals surface area contributed by atoms with E-state index in [1.165, 1.54) is 21.9 Å². The van der Waals surface area contributed by atoms with E-state index in [-0.39, 0.29) is 22.9 Å². The number of nitrogens with zero attached hydrogens (tertiary/aromatic N) is 3. The lowest BCUT2D eigenvalue weighted by Crippen LogP contribution is -2.49. The predicted octanol–water partition coefficient (Wildman–Crippen LogP) is 6.19. The third kappa shape index (κ3) is 4.54. The molecule has 1 saturated heterocycles. The molecular weight excluding hydrogens is 485 g/mol. The van der Waals surface area contributed by atoms with Gasteiger partial charge in [-0.2, -0.15) is 0 Å². The Morgan fingerprint density at radius 1 is 1.12 bits per heavy atom. The molecule has 1 aromatic heterocycles. The van der Waals surface area contributed by atoms with E-state index in [4.69, 9.17) is 4.78 Å². The van der Waals surface area contributed by atoms with Crippen LogP contribution in [0, 0.1) is 29.2 Å². The number of amides is 2. The molecule has 6 nitrogen and oxygen atoms in total. The number of aromatic nitrogens is 1. The zero-order valence-corrected chi connectivity index (χ0v) is 20.2. The second kappa shape index (κ2) is 9.38. The molecule has 180 valence electrons. The van der Waals surface area contributed by atoms with Crippen LogP contribution in [0.3, 0.4) is 0 Å². The van der Waals surface area contributed by atoms with Gasteiger partial charge in [-0.3, -0.25) is 9.80 Å². The summed E-state index contributed by atoms with van der Waals surface area (Å²) in [6, 6.07) is 7.28. The number of halogens is 3. The minimum absolute atomic E-state index is 0.201. The molecule has 0 saturated carbocycles. The van der Waals surface area contributed by atoms with E-state index >= 15 is 0 Å². The Kier molecular flexibility index (Phi) is 6.68. The highest BCUT2D eigenvalue weighted by Crippen LogP contribution is 2.34. The molecule has 1 aliphatic heterocycles. The number of anilines is 2. The highest BCUT2D eigenvalue weighted by molar-refractivity contribution is 7.94. The molecular formula is C23H23F3N4O2S2. The van der Waals surface area contributed by atoms with E-state index < -0.39 is 27.2 Å². The van der Waals surface area contributed by atoms with Crippen molar-refractivity contribution in [2.24, 2.45) is 0 Å². The van der Waals surface area contributed by atoms with Crippen molar-refractivity contribution < 1.29 is 22.2 Å². The first kappa shape index (κ1) is 24.2. The minimum atomic E-state index is -2.96. The molecule has 0 radical (unpaired) electrons. The molecule has 11 heteroatoms. The van der Waals surface area contributed by atoms with Crippen LogP contribution < -0.4 is 9.80 Å². The summed E-state index contributed by atoms with van der Waals surface area (Å²) in [6.07, 6.45) is 1.25. The number of urea groups is 1. The van der Waals surface area contributed by atoms with Gasteiger partial charge in [0.2, 0.25) is 0 Å². The predicted molar refractivity (Wildman–Crippen MR) is 128 cm³/mol. The summed E-state index contributed by atoms with van der Waals surface area (Å²) in [5.74, 6) is -3.06. The lowest BCUT2D eigenvalue weighted by Gasteiger charge is -2.34. The van der Waals surface area contributed by atoms with Crippen LogP contribution in [0.1, 0.15) is 25.5 Å². The number of hydrogen-bond acceptors (Lipinski definition) is 5. The summed E-state index contributed by atoms with van der Waals surface area (Å²) in [5, 5.41) is 0.396. The summed E-state index contributed by atoms with van der Waals surface area (Å²) < 4.78 is 62.6. The van der Waals surface area contributed by atoms with Crippen molar-refractivity contribution in [2.45, 2.75) is 30.9 Å². The molecule has 3 aromatic rings. The standard InChI is InChI=1S/C23H23F3N4O2S2/c1-3-11-34(27,32)21-14(2)28-22(33-21)30-10-4-9-29(23(30)31)17-7-5-15(6-8-17)18-12-16(24)13-19(25)20(18)26/h5-8,12-13,27H,3-4,9-11H2,1-2H3/t34-/m0/s1. The normalized spacial score (nSPS) is 16.1. The number of thiazole rings is 1. The number of nitrogens with one attached hydrogen (secondary N) is 1. The minimum Gasteiger partial charge on any atom is -0.294 e. The van der Waals surface area contributed by atoms with Crippen LogP contribution in [0.15, 0.2) is 40.6 Å². The monoisotopic (exact) mass is 508 g/mol. The van der Waals surface area contributed by atoms with Crippen LogP contribution in [-0.4, -0.2) is 34.1 Å². The fraction of sp³-hybridized carbons (Fsp3) is 0.304. The summed E-state index contributed by atoms with van der Waals surface area (Å²) in [5.41, 5.74) is 1.11. The Labute approximate surface area is 200 Å². The molecule has 1 atom stereocenters. The molecule has 0 aliphatic carbocycles. The fourth-order valence-corrected chi connectivity index (χ4v) is 7.01. The first-order valence-electron chi connectivity index (χ1n) is 10.7. The van der Waals surface area contributed by atoms with Gasteiger partial charge >= 0.3 is 6.03 Å². The summed E-state index contributed by atoms with van der Waals surface area (Å²) in [6.45, 7) is 4.43. The maximum absolute atomic E-state index is 14.1. The molecule has 0 unspecified atom stereocenters. The quantitative estimate of drug-likeness (QED) is 0.404. The van der Waals surface area contributed by atoms with E-state index in [1.807, 2.05) is 6.92 Å². The molecule has 34 heavy (non-hydrogen) atoms. The lowest BCUT2D eigenvalue weighted by molar-refractivity contribution is 0.248. The van der Waals surface area contributed by atoms with Gasteiger partial charge in [0.15, 0.2) is 16.8 Å². The molecule has 2 heterocycles. The highest BCUT2D eigenvalue weighted by Gasteiger charge is 2.31. The molecule has 0 bridgehead atoms. The van der Waals surface area contributed by atoms with E-state index in [9.17, 15) is 22.2 Å². The van der Waals surface area contributed by atoms with Crippen LogP contribution in [0.2, 0.25) is 0 Å². The van der Waals surface area contributed by atoms with Gasteiger partial charge in [0, 0.05) is 36.2 Å². The number of carbonyl (C=O) groups is 1. The number of hydrogen-bond donors (Lipinski definition) is 1. The second-order valence-electron chi connectivity index (χ2n) is 7.98. The third-order valence-electron chi connectivity index (χ3n) is 5.47. The first-order valence-corrected chi connectivity index (χ1v) is 13.2. The number of aryl methyl sites for hydroxylation is 1. The Bertz CT molecular complexity index is 1340. The van der Waals surface area contributed by atoms with Gasteiger partial charge in [-0.1, -0.05) is 30.4 Å². The van der Waals surface area contributed by atoms with Gasteiger partial charge in [0.1, 0.15) is 10.0 Å². The number of benzene rings is 2. The maximum Gasteiger partial charge on any atom is 0.330 e. The summed E-state index contributed by atoms with van der Waals surface area (Å²) in [4.78, 5) is 20.7. The van der Waals surface area contributed by atoms with Crippen molar-refractivity contribution in [1.82, 2.24) is 4.98 Å². The summed E-state index contributed by atoms with van der Waals surface area (Å²) in [7, 11) is -2.96. The smallest absolute Gasteiger partial charge is 0.294 e. The zero-order valence-electron chi connectivity index (χ0n) is 18.6. The van der Waals surface area contributed by atoms with Crippen LogP contribution in [0.25, 0.3) is 11.1 Å². The van der Waals surface area contributed by atoms with Crippen LogP contribution in [0.4, 0.5) is 28.8 Å². The van der Waals surface area contributed by atoms with Crippen molar-refractivity contribution in [3.05, 3.63) is 59.5 Å². The van der Waals surface area contributed by atoms with Crippen molar-refractivity contribution >= 4 is 37.9 Å². The van der Waals surface area contributed by atoms with Crippen LogP contribution in [0.5, 0.6) is 0 Å². The average Bonchev–Trinajstić information content (AvgIpc) is 3.19.